The molecule has 1 aromatic heterocycles. The Bertz CT molecular complexity index is 502. The van der Waals surface area contributed by atoms with E-state index in [0.29, 0.717) is 30.6 Å². The summed E-state index contributed by atoms with van der Waals surface area (Å²) in [6, 6.07) is 0. The van der Waals surface area contributed by atoms with Gasteiger partial charge in [0.15, 0.2) is 5.82 Å². The molecule has 2 aliphatic carbocycles. The lowest BCUT2D eigenvalue weighted by molar-refractivity contribution is -0.122. The second-order valence-corrected chi connectivity index (χ2v) is 6.86. The fourth-order valence-electron chi connectivity index (χ4n) is 3.66. The van der Waals surface area contributed by atoms with Crippen molar-refractivity contribution in [2.24, 2.45) is 11.7 Å². The lowest BCUT2D eigenvalue weighted by Gasteiger charge is -2.20. The summed E-state index contributed by atoms with van der Waals surface area (Å²) in [5, 5.41) is 6.89. The lowest BCUT2D eigenvalue weighted by atomic mass is 9.87. The minimum absolute atomic E-state index is 0.0787. The molecule has 122 valence electrons. The van der Waals surface area contributed by atoms with E-state index in [1.165, 1.54) is 32.1 Å². The van der Waals surface area contributed by atoms with Gasteiger partial charge >= 0.3 is 0 Å². The molecule has 1 amide bonds. The molecule has 0 saturated heterocycles. The second kappa shape index (κ2) is 6.77. The quantitative estimate of drug-likeness (QED) is 0.871. The molecule has 2 fully saturated rings. The third-order valence-corrected chi connectivity index (χ3v) is 5.04. The SMILES string of the molecule is NC1(c2noc(CNC(=O)CC3CCCCC3)n2)CCCC1. The number of carbonyl (C=O) groups excluding carboxylic acids is 1. The van der Waals surface area contributed by atoms with Crippen molar-refractivity contribution in [1.82, 2.24) is 15.5 Å². The zero-order chi connectivity index (χ0) is 15.4. The molecule has 0 aliphatic heterocycles. The van der Waals surface area contributed by atoms with Crippen LogP contribution in [0.2, 0.25) is 0 Å². The van der Waals surface area contributed by atoms with Crippen LogP contribution >= 0.6 is 0 Å². The number of hydrogen-bond donors (Lipinski definition) is 2. The summed E-state index contributed by atoms with van der Waals surface area (Å²) in [6.45, 7) is 0.300. The van der Waals surface area contributed by atoms with E-state index in [-0.39, 0.29) is 5.91 Å². The average Bonchev–Trinajstić information content (AvgIpc) is 3.16. The molecule has 0 spiro atoms. The Balaban J connectivity index is 1.47. The van der Waals surface area contributed by atoms with Crippen molar-refractivity contribution in [2.75, 3.05) is 0 Å². The minimum Gasteiger partial charge on any atom is -0.347 e. The molecule has 1 aromatic rings. The van der Waals surface area contributed by atoms with Crippen LogP contribution in [-0.4, -0.2) is 16.0 Å². The fraction of sp³-hybridized carbons (Fsp3) is 0.812. The summed E-state index contributed by atoms with van der Waals surface area (Å²) in [5.41, 5.74) is 5.86. The van der Waals surface area contributed by atoms with Crippen molar-refractivity contribution in [1.29, 1.82) is 0 Å². The predicted octanol–water partition coefficient (Wildman–Crippen LogP) is 2.38. The topological polar surface area (TPSA) is 94.0 Å². The van der Waals surface area contributed by atoms with E-state index in [4.69, 9.17) is 10.3 Å². The van der Waals surface area contributed by atoms with Crippen LogP contribution in [0.25, 0.3) is 0 Å². The van der Waals surface area contributed by atoms with Gasteiger partial charge in [-0.2, -0.15) is 4.98 Å². The Hall–Kier alpha value is -1.43. The maximum atomic E-state index is 12.0. The Morgan fingerprint density at radius 2 is 1.95 bits per heavy atom. The van der Waals surface area contributed by atoms with Crippen LogP contribution in [-0.2, 0) is 16.9 Å². The van der Waals surface area contributed by atoms with Crippen LogP contribution in [0.1, 0.15) is 75.9 Å². The Morgan fingerprint density at radius 3 is 2.68 bits per heavy atom. The summed E-state index contributed by atoms with van der Waals surface area (Å²) in [5.74, 6) is 1.65. The Labute approximate surface area is 131 Å². The van der Waals surface area contributed by atoms with Gasteiger partial charge in [-0.25, -0.2) is 0 Å². The van der Waals surface area contributed by atoms with E-state index >= 15 is 0 Å². The van der Waals surface area contributed by atoms with Gasteiger partial charge in [-0.05, 0) is 31.6 Å². The van der Waals surface area contributed by atoms with Gasteiger partial charge in [0.05, 0.1) is 12.1 Å². The van der Waals surface area contributed by atoms with Crippen LogP contribution in [0.4, 0.5) is 0 Å². The molecule has 0 unspecified atom stereocenters. The number of nitrogens with zero attached hydrogens (tertiary/aromatic N) is 2. The first-order valence-electron chi connectivity index (χ1n) is 8.54. The first kappa shape index (κ1) is 15.5. The normalized spacial score (nSPS) is 21.9. The van der Waals surface area contributed by atoms with Crippen molar-refractivity contribution in [2.45, 2.75) is 76.3 Å². The lowest BCUT2D eigenvalue weighted by Crippen LogP contribution is -2.34. The van der Waals surface area contributed by atoms with Crippen LogP contribution in [0, 0.1) is 5.92 Å². The molecule has 0 atom stereocenters. The number of amides is 1. The monoisotopic (exact) mass is 306 g/mol. The maximum Gasteiger partial charge on any atom is 0.246 e. The largest absolute Gasteiger partial charge is 0.347 e. The third kappa shape index (κ3) is 3.66. The first-order chi connectivity index (χ1) is 10.7. The number of hydrogen-bond acceptors (Lipinski definition) is 5. The average molecular weight is 306 g/mol. The van der Waals surface area contributed by atoms with Gasteiger partial charge in [0.2, 0.25) is 11.8 Å². The standard InChI is InChI=1S/C16H26N4O2/c17-16(8-4-5-9-16)15-19-14(22-20-15)11-18-13(21)10-12-6-2-1-3-7-12/h12H,1-11,17H2,(H,18,21). The van der Waals surface area contributed by atoms with E-state index in [9.17, 15) is 4.79 Å². The minimum atomic E-state index is -0.437. The molecule has 3 N–H and O–H groups in total. The third-order valence-electron chi connectivity index (χ3n) is 5.04. The highest BCUT2D eigenvalue weighted by Crippen LogP contribution is 2.34. The molecular weight excluding hydrogens is 280 g/mol. The van der Waals surface area contributed by atoms with Crippen molar-refractivity contribution < 1.29 is 9.32 Å². The summed E-state index contributed by atoms with van der Waals surface area (Å²) in [6.07, 6.45) is 10.8. The molecule has 6 nitrogen and oxygen atoms in total. The molecule has 3 rings (SSSR count). The fourth-order valence-corrected chi connectivity index (χ4v) is 3.66. The smallest absolute Gasteiger partial charge is 0.246 e. The summed E-state index contributed by atoms with van der Waals surface area (Å²) in [4.78, 5) is 16.4. The molecule has 0 aromatic carbocycles. The van der Waals surface area contributed by atoms with Crippen LogP contribution in [0.15, 0.2) is 4.52 Å². The van der Waals surface area contributed by atoms with E-state index in [1.54, 1.807) is 0 Å². The van der Waals surface area contributed by atoms with E-state index in [0.717, 1.165) is 25.7 Å². The van der Waals surface area contributed by atoms with Gasteiger partial charge < -0.3 is 15.6 Å². The van der Waals surface area contributed by atoms with E-state index in [2.05, 4.69) is 15.5 Å². The molecule has 6 heteroatoms. The summed E-state index contributed by atoms with van der Waals surface area (Å²) >= 11 is 0. The Morgan fingerprint density at radius 1 is 1.23 bits per heavy atom. The van der Waals surface area contributed by atoms with Gasteiger partial charge in [-0.15, -0.1) is 0 Å². The first-order valence-corrected chi connectivity index (χ1v) is 8.54. The molecule has 0 radical (unpaired) electrons. The number of carbonyl (C=O) groups is 1. The van der Waals surface area contributed by atoms with E-state index < -0.39 is 5.54 Å². The van der Waals surface area contributed by atoms with Crippen molar-refractivity contribution in [3.63, 3.8) is 0 Å². The van der Waals surface area contributed by atoms with Crippen molar-refractivity contribution >= 4 is 5.91 Å². The van der Waals surface area contributed by atoms with Crippen LogP contribution in [0.3, 0.4) is 0 Å². The zero-order valence-corrected chi connectivity index (χ0v) is 13.1. The van der Waals surface area contributed by atoms with Gasteiger partial charge in [-0.1, -0.05) is 37.3 Å². The maximum absolute atomic E-state index is 12.0. The van der Waals surface area contributed by atoms with Crippen molar-refractivity contribution in [3.8, 4) is 0 Å². The highest BCUT2D eigenvalue weighted by Gasteiger charge is 2.35. The summed E-state index contributed by atoms with van der Waals surface area (Å²) < 4.78 is 5.23. The highest BCUT2D eigenvalue weighted by molar-refractivity contribution is 5.76. The molecule has 1 heterocycles. The predicted molar refractivity (Wildman–Crippen MR) is 81.7 cm³/mol. The van der Waals surface area contributed by atoms with Gasteiger partial charge in [0.25, 0.3) is 0 Å². The van der Waals surface area contributed by atoms with Crippen LogP contribution < -0.4 is 11.1 Å². The Kier molecular flexibility index (Phi) is 4.76. The molecule has 2 aliphatic rings. The van der Waals surface area contributed by atoms with Gasteiger partial charge in [-0.3, -0.25) is 4.79 Å². The van der Waals surface area contributed by atoms with Gasteiger partial charge in [0, 0.05) is 6.42 Å². The number of aromatic nitrogens is 2. The molecule has 22 heavy (non-hydrogen) atoms. The molecule has 2 saturated carbocycles. The van der Waals surface area contributed by atoms with Crippen LogP contribution in [0.5, 0.6) is 0 Å². The number of nitrogens with two attached hydrogens (primary N) is 1. The molecule has 0 bridgehead atoms. The molecular formula is C16H26N4O2. The van der Waals surface area contributed by atoms with Gasteiger partial charge in [0.1, 0.15) is 0 Å². The number of nitrogens with one attached hydrogen (secondary N) is 1. The highest BCUT2D eigenvalue weighted by atomic mass is 16.5. The van der Waals surface area contributed by atoms with E-state index in [1.807, 2.05) is 0 Å². The number of rotatable bonds is 5. The van der Waals surface area contributed by atoms with Crippen molar-refractivity contribution in [3.05, 3.63) is 11.7 Å². The second-order valence-electron chi connectivity index (χ2n) is 6.86. The zero-order valence-electron chi connectivity index (χ0n) is 13.1. The summed E-state index contributed by atoms with van der Waals surface area (Å²) in [7, 11) is 0.